The van der Waals surface area contributed by atoms with Gasteiger partial charge in [0, 0.05) is 23.8 Å². The molecule has 0 radical (unpaired) electrons. The molecule has 1 aromatic rings. The zero-order valence-corrected chi connectivity index (χ0v) is 13.9. The van der Waals surface area contributed by atoms with Gasteiger partial charge in [-0.15, -0.1) is 0 Å². The van der Waals surface area contributed by atoms with Crippen molar-refractivity contribution in [3.63, 3.8) is 0 Å². The van der Waals surface area contributed by atoms with Crippen LogP contribution in [0.1, 0.15) is 5.56 Å². The normalized spacial score (nSPS) is 16.6. The molecule has 0 aliphatic carbocycles. The molecule has 1 aliphatic rings. The first-order valence-electron chi connectivity index (χ1n) is 5.87. The minimum absolute atomic E-state index is 0.105. The van der Waals surface area contributed by atoms with Gasteiger partial charge in [0.15, 0.2) is 0 Å². The number of thiocarbonyl (C=S) groups is 1. The second-order valence-corrected chi connectivity index (χ2v) is 6.78. The standard InChI is InChI=1S/C13H13BrN2O2S2/c1-16(4-5-17)9-3-2-8(10(14)7-9)6-11-12(18)15-13(19)20-11/h2-3,6-7,17H,4-5H2,1H3,(H,15,18,19)/b11-6-. The highest BCUT2D eigenvalue weighted by molar-refractivity contribution is 9.10. The maximum Gasteiger partial charge on any atom is 0.263 e. The van der Waals surface area contributed by atoms with Gasteiger partial charge in [-0.1, -0.05) is 46.0 Å². The van der Waals surface area contributed by atoms with Crippen LogP contribution in [0.5, 0.6) is 0 Å². The molecule has 0 unspecified atom stereocenters. The Bertz CT molecular complexity index is 590. The summed E-state index contributed by atoms with van der Waals surface area (Å²) in [6.45, 7) is 0.674. The molecule has 1 aliphatic heterocycles. The number of hydrogen-bond acceptors (Lipinski definition) is 5. The van der Waals surface area contributed by atoms with Crippen LogP contribution in [-0.4, -0.2) is 35.5 Å². The number of hydrogen-bond donors (Lipinski definition) is 2. The van der Waals surface area contributed by atoms with Crippen molar-refractivity contribution in [2.75, 3.05) is 25.1 Å². The number of anilines is 1. The van der Waals surface area contributed by atoms with Crippen molar-refractivity contribution >= 4 is 61.9 Å². The van der Waals surface area contributed by atoms with E-state index in [0.29, 0.717) is 15.8 Å². The van der Waals surface area contributed by atoms with Gasteiger partial charge in [-0.25, -0.2) is 0 Å². The molecule has 1 saturated heterocycles. The van der Waals surface area contributed by atoms with Crippen LogP contribution < -0.4 is 10.2 Å². The van der Waals surface area contributed by atoms with E-state index in [1.807, 2.05) is 30.1 Å². The van der Waals surface area contributed by atoms with Crippen LogP contribution in [0.25, 0.3) is 6.08 Å². The summed E-state index contributed by atoms with van der Waals surface area (Å²) in [7, 11) is 1.91. The number of likely N-dealkylation sites (N-methyl/N-ethyl adjacent to an activating group) is 1. The van der Waals surface area contributed by atoms with E-state index in [-0.39, 0.29) is 12.5 Å². The summed E-state index contributed by atoms with van der Waals surface area (Å²) in [6, 6.07) is 5.83. The number of amides is 1. The van der Waals surface area contributed by atoms with E-state index in [2.05, 4.69) is 21.2 Å². The van der Waals surface area contributed by atoms with Crippen LogP contribution in [0, 0.1) is 0 Å². The quantitative estimate of drug-likeness (QED) is 0.627. The van der Waals surface area contributed by atoms with Crippen LogP contribution in [0.4, 0.5) is 5.69 Å². The summed E-state index contributed by atoms with van der Waals surface area (Å²) >= 11 is 9.72. The van der Waals surface area contributed by atoms with Crippen molar-refractivity contribution in [2.45, 2.75) is 0 Å². The van der Waals surface area contributed by atoms with E-state index >= 15 is 0 Å². The third-order valence-electron chi connectivity index (χ3n) is 2.79. The number of rotatable bonds is 4. The maximum absolute atomic E-state index is 11.6. The first-order chi connectivity index (χ1) is 9.51. The van der Waals surface area contributed by atoms with E-state index in [1.54, 1.807) is 6.08 Å². The Balaban J connectivity index is 2.24. The number of carbonyl (C=O) groups is 1. The largest absolute Gasteiger partial charge is 0.395 e. The van der Waals surface area contributed by atoms with Crippen molar-refractivity contribution < 1.29 is 9.90 Å². The van der Waals surface area contributed by atoms with Crippen LogP contribution >= 0.6 is 39.9 Å². The Hall–Kier alpha value is -0.890. The Morgan fingerprint density at radius 3 is 2.85 bits per heavy atom. The second-order valence-electron chi connectivity index (χ2n) is 4.20. The highest BCUT2D eigenvalue weighted by Gasteiger charge is 2.22. The van der Waals surface area contributed by atoms with Gasteiger partial charge in [0.1, 0.15) is 4.32 Å². The van der Waals surface area contributed by atoms with Gasteiger partial charge in [-0.3, -0.25) is 4.79 Å². The predicted octanol–water partition coefficient (Wildman–Crippen LogP) is 2.37. The zero-order valence-electron chi connectivity index (χ0n) is 10.7. The summed E-state index contributed by atoms with van der Waals surface area (Å²) < 4.78 is 1.37. The second kappa shape index (κ2) is 6.71. The van der Waals surface area contributed by atoms with E-state index < -0.39 is 0 Å². The highest BCUT2D eigenvalue weighted by Crippen LogP contribution is 2.30. The van der Waals surface area contributed by atoms with Crippen molar-refractivity contribution in [3.8, 4) is 0 Å². The van der Waals surface area contributed by atoms with Crippen LogP contribution in [0.15, 0.2) is 27.6 Å². The van der Waals surface area contributed by atoms with Gasteiger partial charge in [0.05, 0.1) is 11.5 Å². The number of carbonyl (C=O) groups excluding carboxylic acids is 1. The molecule has 106 valence electrons. The third-order valence-corrected chi connectivity index (χ3v) is 4.64. The number of thioether (sulfide) groups is 1. The molecule has 1 aromatic carbocycles. The Labute approximate surface area is 135 Å². The number of aliphatic hydroxyl groups is 1. The molecule has 0 aromatic heterocycles. The van der Waals surface area contributed by atoms with Gasteiger partial charge in [-0.05, 0) is 23.8 Å². The van der Waals surface area contributed by atoms with Crippen molar-refractivity contribution in [2.24, 2.45) is 0 Å². The lowest BCUT2D eigenvalue weighted by molar-refractivity contribution is -0.115. The average molecular weight is 373 g/mol. The molecular weight excluding hydrogens is 360 g/mol. The van der Waals surface area contributed by atoms with Crippen molar-refractivity contribution in [3.05, 3.63) is 33.1 Å². The minimum Gasteiger partial charge on any atom is -0.395 e. The zero-order chi connectivity index (χ0) is 14.7. The van der Waals surface area contributed by atoms with E-state index in [9.17, 15) is 4.79 Å². The molecule has 2 rings (SSSR count). The van der Waals surface area contributed by atoms with Crippen molar-refractivity contribution in [1.82, 2.24) is 5.32 Å². The Kier molecular flexibility index (Phi) is 5.20. The van der Waals surface area contributed by atoms with Crippen molar-refractivity contribution in [1.29, 1.82) is 0 Å². The summed E-state index contributed by atoms with van der Waals surface area (Å²) in [5.74, 6) is -0.159. The summed E-state index contributed by atoms with van der Waals surface area (Å²) in [6.07, 6.45) is 1.80. The van der Waals surface area contributed by atoms with Gasteiger partial charge < -0.3 is 15.3 Å². The molecule has 1 amide bonds. The van der Waals surface area contributed by atoms with E-state index in [1.165, 1.54) is 11.8 Å². The third kappa shape index (κ3) is 3.60. The molecule has 0 spiro atoms. The van der Waals surface area contributed by atoms with Crippen LogP contribution in [-0.2, 0) is 4.79 Å². The molecule has 1 fully saturated rings. The van der Waals surface area contributed by atoms with Gasteiger partial charge >= 0.3 is 0 Å². The first kappa shape index (κ1) is 15.5. The van der Waals surface area contributed by atoms with Gasteiger partial charge in [-0.2, -0.15) is 0 Å². The van der Waals surface area contributed by atoms with E-state index in [0.717, 1.165) is 15.7 Å². The molecular formula is C13H13BrN2O2S2. The Morgan fingerprint density at radius 1 is 1.55 bits per heavy atom. The number of aliphatic hydroxyl groups excluding tert-OH is 1. The molecule has 0 bridgehead atoms. The molecule has 0 atom stereocenters. The topological polar surface area (TPSA) is 52.6 Å². The fourth-order valence-corrected chi connectivity index (χ4v) is 3.23. The molecule has 20 heavy (non-hydrogen) atoms. The number of halogens is 1. The smallest absolute Gasteiger partial charge is 0.263 e. The van der Waals surface area contributed by atoms with Gasteiger partial charge in [0.25, 0.3) is 5.91 Å². The minimum atomic E-state index is -0.159. The lowest BCUT2D eigenvalue weighted by Crippen LogP contribution is -2.21. The summed E-state index contributed by atoms with van der Waals surface area (Å²) in [5.41, 5.74) is 1.90. The van der Waals surface area contributed by atoms with Crippen LogP contribution in [0.2, 0.25) is 0 Å². The summed E-state index contributed by atoms with van der Waals surface area (Å²) in [4.78, 5) is 14.2. The molecule has 2 N–H and O–H groups in total. The number of nitrogens with zero attached hydrogens (tertiary/aromatic N) is 1. The fraction of sp³-hybridized carbons (Fsp3) is 0.231. The fourth-order valence-electron chi connectivity index (χ4n) is 1.71. The van der Waals surface area contributed by atoms with Gasteiger partial charge in [0.2, 0.25) is 0 Å². The maximum atomic E-state index is 11.6. The number of nitrogens with one attached hydrogen (secondary N) is 1. The molecule has 7 heteroatoms. The molecule has 0 saturated carbocycles. The lowest BCUT2D eigenvalue weighted by Gasteiger charge is -2.18. The average Bonchev–Trinajstić information content (AvgIpc) is 2.70. The highest BCUT2D eigenvalue weighted by atomic mass is 79.9. The summed E-state index contributed by atoms with van der Waals surface area (Å²) in [5, 5.41) is 11.5. The predicted molar refractivity (Wildman–Crippen MR) is 90.8 cm³/mol. The van der Waals surface area contributed by atoms with E-state index in [4.69, 9.17) is 17.3 Å². The molecule has 1 heterocycles. The van der Waals surface area contributed by atoms with Crippen LogP contribution in [0.3, 0.4) is 0 Å². The first-order valence-corrected chi connectivity index (χ1v) is 7.89. The lowest BCUT2D eigenvalue weighted by atomic mass is 10.2. The SMILES string of the molecule is CN(CCO)c1ccc(/C=C2\SC(=S)NC2=O)c(Br)c1. The monoisotopic (exact) mass is 372 g/mol. The Morgan fingerprint density at radius 2 is 2.30 bits per heavy atom. The molecule has 4 nitrogen and oxygen atoms in total. The number of benzene rings is 1.